The van der Waals surface area contributed by atoms with Gasteiger partial charge in [0.25, 0.3) is 11.6 Å². The predicted molar refractivity (Wildman–Crippen MR) is 68.3 cm³/mol. The van der Waals surface area contributed by atoms with Crippen molar-refractivity contribution < 1.29 is 29.3 Å². The number of hydrogen-bond donors (Lipinski definition) is 2. The molecule has 1 aromatic rings. The summed E-state index contributed by atoms with van der Waals surface area (Å²) in [5, 5.41) is 20.9. The Balaban J connectivity index is 2.68. The van der Waals surface area contributed by atoms with E-state index in [0.717, 1.165) is 0 Å². The maximum absolute atomic E-state index is 12.4. The predicted octanol–water partition coefficient (Wildman–Crippen LogP) is 0.516. The number of ketones is 2. The van der Waals surface area contributed by atoms with E-state index in [4.69, 9.17) is 9.47 Å². The molecule has 1 aliphatic rings. The number of rotatable bonds is 4. The van der Waals surface area contributed by atoms with Crippen molar-refractivity contribution in [2.24, 2.45) is 0 Å². The van der Waals surface area contributed by atoms with Gasteiger partial charge in [-0.15, -0.1) is 0 Å². The van der Waals surface area contributed by atoms with Crippen LogP contribution in [0.25, 0.3) is 0 Å². The van der Waals surface area contributed by atoms with Crippen LogP contribution in [0.5, 0.6) is 0 Å². The van der Waals surface area contributed by atoms with E-state index in [1.807, 2.05) is 0 Å². The molecule has 0 saturated carbocycles. The first-order valence-corrected chi connectivity index (χ1v) is 6.33. The lowest BCUT2D eigenvalue weighted by atomic mass is 9.80. The number of fused-ring (bicyclic) bond motifs is 1. The summed E-state index contributed by atoms with van der Waals surface area (Å²) in [5.74, 6) is -7.29. The van der Waals surface area contributed by atoms with Gasteiger partial charge in [0.05, 0.1) is 0 Å². The monoisotopic (exact) mass is 280 g/mol. The summed E-state index contributed by atoms with van der Waals surface area (Å²) in [6.45, 7) is 2.91. The highest BCUT2D eigenvalue weighted by Gasteiger charge is 2.66. The van der Waals surface area contributed by atoms with Crippen LogP contribution in [0.4, 0.5) is 0 Å². The van der Waals surface area contributed by atoms with E-state index in [2.05, 4.69) is 0 Å². The number of Topliss-reactive ketones (excluding diaryl/α,β-unsaturated/α-hetero) is 2. The maximum Gasteiger partial charge on any atom is 0.295 e. The zero-order valence-electron chi connectivity index (χ0n) is 11.3. The molecule has 2 unspecified atom stereocenters. The lowest BCUT2D eigenvalue weighted by Crippen LogP contribution is -2.69. The number of hydrogen-bond acceptors (Lipinski definition) is 6. The first-order valence-electron chi connectivity index (χ1n) is 6.33. The molecule has 20 heavy (non-hydrogen) atoms. The molecule has 0 aliphatic heterocycles. The maximum atomic E-state index is 12.4. The van der Waals surface area contributed by atoms with Crippen LogP contribution < -0.4 is 0 Å². The standard InChI is InChI=1S/C14H16O6/c1-3-19-13(17)11(15)9-7-5-6-8-10(9)12(16)14(13,18)20-4-2/h5-8,17-18H,3-4H2,1-2H3. The molecular formula is C14H16O6. The highest BCUT2D eigenvalue weighted by molar-refractivity contribution is 6.20. The van der Waals surface area contributed by atoms with Crippen LogP contribution in [-0.2, 0) is 9.47 Å². The molecule has 0 amide bonds. The number of carbonyl (C=O) groups excluding carboxylic acids is 2. The molecule has 108 valence electrons. The quantitative estimate of drug-likeness (QED) is 0.781. The minimum Gasteiger partial charge on any atom is -0.355 e. The van der Waals surface area contributed by atoms with Crippen molar-refractivity contribution in [2.45, 2.75) is 25.4 Å². The van der Waals surface area contributed by atoms with Crippen molar-refractivity contribution in [1.29, 1.82) is 0 Å². The van der Waals surface area contributed by atoms with Crippen LogP contribution in [0.1, 0.15) is 34.6 Å². The van der Waals surface area contributed by atoms with Gasteiger partial charge >= 0.3 is 0 Å². The van der Waals surface area contributed by atoms with Crippen LogP contribution in [0.15, 0.2) is 24.3 Å². The zero-order chi connectivity index (χ0) is 15.0. The molecule has 2 N–H and O–H groups in total. The number of benzene rings is 1. The second-order valence-electron chi connectivity index (χ2n) is 4.36. The van der Waals surface area contributed by atoms with E-state index >= 15 is 0 Å². The summed E-state index contributed by atoms with van der Waals surface area (Å²) < 4.78 is 9.98. The largest absolute Gasteiger partial charge is 0.355 e. The average molecular weight is 280 g/mol. The zero-order valence-corrected chi connectivity index (χ0v) is 11.3. The van der Waals surface area contributed by atoms with Crippen LogP contribution in [-0.4, -0.2) is 46.6 Å². The molecule has 6 nitrogen and oxygen atoms in total. The second-order valence-corrected chi connectivity index (χ2v) is 4.36. The number of aliphatic hydroxyl groups is 2. The van der Waals surface area contributed by atoms with Crippen molar-refractivity contribution in [3.63, 3.8) is 0 Å². The van der Waals surface area contributed by atoms with Crippen molar-refractivity contribution in [3.05, 3.63) is 35.4 Å². The molecule has 2 rings (SSSR count). The first-order chi connectivity index (χ1) is 9.42. The molecule has 0 radical (unpaired) electrons. The Hall–Kier alpha value is -1.60. The fourth-order valence-electron chi connectivity index (χ4n) is 2.30. The fourth-order valence-corrected chi connectivity index (χ4v) is 2.30. The lowest BCUT2D eigenvalue weighted by molar-refractivity contribution is -0.330. The highest BCUT2D eigenvalue weighted by Crippen LogP contribution is 2.38. The third kappa shape index (κ3) is 1.81. The van der Waals surface area contributed by atoms with E-state index in [9.17, 15) is 19.8 Å². The normalized spacial score (nSPS) is 29.4. The summed E-state index contributed by atoms with van der Waals surface area (Å²) in [7, 11) is 0. The molecule has 0 aromatic heterocycles. The van der Waals surface area contributed by atoms with Crippen molar-refractivity contribution in [2.75, 3.05) is 13.2 Å². The van der Waals surface area contributed by atoms with Crippen molar-refractivity contribution >= 4 is 11.6 Å². The van der Waals surface area contributed by atoms with Gasteiger partial charge in [-0.05, 0) is 13.8 Å². The van der Waals surface area contributed by atoms with Gasteiger partial charge in [0, 0.05) is 24.3 Å². The van der Waals surface area contributed by atoms with Gasteiger partial charge < -0.3 is 19.7 Å². The molecule has 2 atom stereocenters. The van der Waals surface area contributed by atoms with Crippen molar-refractivity contribution in [3.8, 4) is 0 Å². The summed E-state index contributed by atoms with van der Waals surface area (Å²) in [4.78, 5) is 24.8. The summed E-state index contributed by atoms with van der Waals surface area (Å²) in [6.07, 6.45) is 0. The average Bonchev–Trinajstić information content (AvgIpc) is 2.44. The molecule has 0 saturated heterocycles. The Bertz CT molecular complexity index is 505. The Morgan fingerprint density at radius 1 is 0.900 bits per heavy atom. The minimum absolute atomic E-state index is 0.00201. The van der Waals surface area contributed by atoms with E-state index in [-0.39, 0.29) is 24.3 Å². The van der Waals surface area contributed by atoms with Gasteiger partial charge in [0.15, 0.2) is 0 Å². The Kier molecular flexibility index (Phi) is 3.75. The molecule has 1 aliphatic carbocycles. The van der Waals surface area contributed by atoms with Crippen LogP contribution in [0.2, 0.25) is 0 Å². The molecule has 0 fully saturated rings. The third-order valence-corrected chi connectivity index (χ3v) is 3.20. The van der Waals surface area contributed by atoms with Crippen molar-refractivity contribution in [1.82, 2.24) is 0 Å². The van der Waals surface area contributed by atoms with Gasteiger partial charge in [-0.25, -0.2) is 0 Å². The van der Waals surface area contributed by atoms with E-state index in [0.29, 0.717) is 0 Å². The Labute approximate surface area is 115 Å². The summed E-state index contributed by atoms with van der Waals surface area (Å²) in [5.41, 5.74) is -0.00402. The molecule has 0 heterocycles. The lowest BCUT2D eigenvalue weighted by Gasteiger charge is -2.42. The molecule has 0 bridgehead atoms. The van der Waals surface area contributed by atoms with Crippen LogP contribution in [0, 0.1) is 0 Å². The smallest absolute Gasteiger partial charge is 0.295 e. The van der Waals surface area contributed by atoms with Gasteiger partial charge in [-0.3, -0.25) is 9.59 Å². The summed E-state index contributed by atoms with van der Waals surface area (Å²) in [6, 6.07) is 5.90. The van der Waals surface area contributed by atoms with E-state index in [1.165, 1.54) is 26.0 Å². The molecule has 6 heteroatoms. The van der Waals surface area contributed by atoms with Gasteiger partial charge in [0.2, 0.25) is 11.6 Å². The van der Waals surface area contributed by atoms with Gasteiger partial charge in [-0.1, -0.05) is 24.3 Å². The van der Waals surface area contributed by atoms with Crippen LogP contribution >= 0.6 is 0 Å². The number of ether oxygens (including phenoxy) is 2. The molecule has 0 spiro atoms. The second kappa shape index (κ2) is 5.06. The third-order valence-electron chi connectivity index (χ3n) is 3.20. The minimum atomic E-state index is -2.75. The van der Waals surface area contributed by atoms with E-state index < -0.39 is 23.1 Å². The molecule has 1 aromatic carbocycles. The highest BCUT2D eigenvalue weighted by atomic mass is 16.7. The van der Waals surface area contributed by atoms with Gasteiger partial charge in [-0.2, -0.15) is 0 Å². The SMILES string of the molecule is CCOC1(O)C(=O)c2ccccc2C(=O)C1(O)OCC. The fraction of sp³-hybridized carbons (Fsp3) is 0.429. The van der Waals surface area contributed by atoms with Crippen LogP contribution in [0.3, 0.4) is 0 Å². The first kappa shape index (κ1) is 14.8. The Morgan fingerprint density at radius 2 is 1.25 bits per heavy atom. The van der Waals surface area contributed by atoms with E-state index in [1.54, 1.807) is 12.1 Å². The van der Waals surface area contributed by atoms with Gasteiger partial charge in [0.1, 0.15) is 0 Å². The topological polar surface area (TPSA) is 93.1 Å². The summed E-state index contributed by atoms with van der Waals surface area (Å²) >= 11 is 0. The Morgan fingerprint density at radius 3 is 1.55 bits per heavy atom. The number of carbonyl (C=O) groups is 2. The molecular weight excluding hydrogens is 264 g/mol.